The second-order valence-corrected chi connectivity index (χ2v) is 5.66. The third-order valence-electron chi connectivity index (χ3n) is 2.30. The predicted molar refractivity (Wildman–Crippen MR) is 74.0 cm³/mol. The van der Waals surface area contributed by atoms with E-state index in [2.05, 4.69) is 46.6 Å². The molecular weight excluding hydrogens is 250 g/mol. The van der Waals surface area contributed by atoms with Crippen molar-refractivity contribution in [3.63, 3.8) is 0 Å². The molecule has 0 amide bonds. The lowest BCUT2D eigenvalue weighted by Gasteiger charge is -2.10. The molecule has 3 nitrogen and oxygen atoms in total. The van der Waals surface area contributed by atoms with E-state index < -0.39 is 0 Å². The molecule has 2 aromatic rings. The first-order valence-electron chi connectivity index (χ1n) is 5.64. The number of hydrogen-bond acceptors (Lipinski definition) is 5. The summed E-state index contributed by atoms with van der Waals surface area (Å²) in [6, 6.07) is 4.18. The normalized spacial score (nSPS) is 10.5. The Morgan fingerprint density at radius 2 is 2.24 bits per heavy atom. The molecule has 17 heavy (non-hydrogen) atoms. The first-order chi connectivity index (χ1) is 8.35. The molecule has 2 heterocycles. The second kappa shape index (κ2) is 6.02. The van der Waals surface area contributed by atoms with Gasteiger partial charge in [0.25, 0.3) is 0 Å². The highest BCUT2D eigenvalue weighted by molar-refractivity contribution is 8.01. The fraction of sp³-hybridized carbons (Fsp3) is 0.333. The van der Waals surface area contributed by atoms with Crippen LogP contribution in [0.1, 0.15) is 19.4 Å². The second-order valence-electron chi connectivity index (χ2n) is 3.42. The molecule has 0 aliphatic heterocycles. The average Bonchev–Trinajstić information content (AvgIpc) is 2.83. The van der Waals surface area contributed by atoms with Crippen molar-refractivity contribution in [1.29, 1.82) is 0 Å². The van der Waals surface area contributed by atoms with Crippen LogP contribution in [0.25, 0.3) is 0 Å². The average molecular weight is 265 g/mol. The summed E-state index contributed by atoms with van der Waals surface area (Å²) >= 11 is 3.45. The molecule has 0 atom stereocenters. The molecule has 0 aromatic carbocycles. The maximum absolute atomic E-state index is 4.39. The standard InChI is InChI=1S/C12H15N3S2/c1-3-9-11(13-4-2)14-8-15-12(9)17-10-6-5-7-16-10/h5-8H,3-4H2,1-2H3,(H,13,14,15). The van der Waals surface area contributed by atoms with E-state index in [0.717, 1.165) is 23.8 Å². The minimum Gasteiger partial charge on any atom is -0.370 e. The summed E-state index contributed by atoms with van der Waals surface area (Å²) in [4.78, 5) is 8.68. The van der Waals surface area contributed by atoms with Gasteiger partial charge in [0.1, 0.15) is 17.2 Å². The van der Waals surface area contributed by atoms with Crippen LogP contribution in [-0.4, -0.2) is 16.5 Å². The zero-order valence-electron chi connectivity index (χ0n) is 9.93. The third kappa shape index (κ3) is 2.98. The van der Waals surface area contributed by atoms with E-state index in [0.29, 0.717) is 0 Å². The van der Waals surface area contributed by atoms with Gasteiger partial charge in [0.15, 0.2) is 0 Å². The summed E-state index contributed by atoms with van der Waals surface area (Å²) in [5.41, 5.74) is 1.20. The lowest BCUT2D eigenvalue weighted by atomic mass is 10.2. The number of anilines is 1. The van der Waals surface area contributed by atoms with Crippen LogP contribution in [0.15, 0.2) is 33.1 Å². The van der Waals surface area contributed by atoms with Gasteiger partial charge in [-0.1, -0.05) is 24.8 Å². The van der Waals surface area contributed by atoms with Crippen molar-refractivity contribution in [3.8, 4) is 0 Å². The predicted octanol–water partition coefficient (Wildman–Crippen LogP) is 3.68. The molecule has 0 bridgehead atoms. The van der Waals surface area contributed by atoms with Crippen LogP contribution in [0, 0.1) is 0 Å². The van der Waals surface area contributed by atoms with E-state index >= 15 is 0 Å². The van der Waals surface area contributed by atoms with Crippen LogP contribution < -0.4 is 5.32 Å². The van der Waals surface area contributed by atoms with Crippen molar-refractivity contribution in [2.24, 2.45) is 0 Å². The molecule has 0 aliphatic rings. The summed E-state index contributed by atoms with van der Waals surface area (Å²) in [6.07, 6.45) is 2.57. The SMILES string of the molecule is CCNc1ncnc(Sc2cccs2)c1CC. The zero-order chi connectivity index (χ0) is 12.1. The smallest absolute Gasteiger partial charge is 0.133 e. The van der Waals surface area contributed by atoms with Gasteiger partial charge in [0.05, 0.1) is 4.21 Å². The van der Waals surface area contributed by atoms with Gasteiger partial charge >= 0.3 is 0 Å². The van der Waals surface area contributed by atoms with Crippen LogP contribution in [0.2, 0.25) is 0 Å². The molecule has 1 N–H and O–H groups in total. The number of hydrogen-bond donors (Lipinski definition) is 1. The molecule has 0 fully saturated rings. The Balaban J connectivity index is 2.29. The first-order valence-corrected chi connectivity index (χ1v) is 7.33. The highest BCUT2D eigenvalue weighted by Gasteiger charge is 2.10. The molecule has 0 radical (unpaired) electrons. The van der Waals surface area contributed by atoms with Gasteiger partial charge in [0.2, 0.25) is 0 Å². The van der Waals surface area contributed by atoms with Crippen molar-refractivity contribution < 1.29 is 0 Å². The molecule has 90 valence electrons. The summed E-state index contributed by atoms with van der Waals surface area (Å²) in [7, 11) is 0. The molecule has 0 saturated heterocycles. The van der Waals surface area contributed by atoms with Gasteiger partial charge < -0.3 is 5.32 Å². The van der Waals surface area contributed by atoms with Crippen LogP contribution in [0.5, 0.6) is 0 Å². The van der Waals surface area contributed by atoms with Crippen molar-refractivity contribution in [2.45, 2.75) is 29.5 Å². The Bertz CT molecular complexity index is 469. The monoisotopic (exact) mass is 265 g/mol. The summed E-state index contributed by atoms with van der Waals surface area (Å²) in [5, 5.41) is 6.43. The number of aromatic nitrogens is 2. The molecule has 2 aromatic heterocycles. The Morgan fingerprint density at radius 1 is 1.35 bits per heavy atom. The summed E-state index contributed by atoms with van der Waals surface area (Å²) < 4.78 is 1.26. The highest BCUT2D eigenvalue weighted by atomic mass is 32.2. The Hall–Kier alpha value is -1.07. The minimum atomic E-state index is 0.882. The molecule has 0 unspecified atom stereocenters. The number of thiophene rings is 1. The maximum Gasteiger partial charge on any atom is 0.133 e. The van der Waals surface area contributed by atoms with Gasteiger partial charge in [-0.15, -0.1) is 11.3 Å². The van der Waals surface area contributed by atoms with E-state index in [1.54, 1.807) is 29.4 Å². The fourth-order valence-corrected chi connectivity index (χ4v) is 3.38. The maximum atomic E-state index is 4.39. The third-order valence-corrected chi connectivity index (χ3v) is 4.38. The molecule has 5 heteroatoms. The van der Waals surface area contributed by atoms with Gasteiger partial charge in [0, 0.05) is 12.1 Å². The van der Waals surface area contributed by atoms with Crippen LogP contribution >= 0.6 is 23.1 Å². The van der Waals surface area contributed by atoms with Gasteiger partial charge in [-0.2, -0.15) is 0 Å². The van der Waals surface area contributed by atoms with Crippen molar-refractivity contribution in [3.05, 3.63) is 29.4 Å². The summed E-state index contributed by atoms with van der Waals surface area (Å²) in [5.74, 6) is 0.962. The van der Waals surface area contributed by atoms with E-state index in [9.17, 15) is 0 Å². The number of nitrogens with zero attached hydrogens (tertiary/aromatic N) is 2. The lowest BCUT2D eigenvalue weighted by molar-refractivity contribution is 0.938. The first kappa shape index (κ1) is 12.4. The Labute approximate surface area is 110 Å². The van der Waals surface area contributed by atoms with E-state index in [4.69, 9.17) is 0 Å². The lowest BCUT2D eigenvalue weighted by Crippen LogP contribution is -2.05. The summed E-state index contributed by atoms with van der Waals surface area (Å²) in [6.45, 7) is 5.10. The topological polar surface area (TPSA) is 37.8 Å². The van der Waals surface area contributed by atoms with E-state index in [1.165, 1.54) is 9.77 Å². The van der Waals surface area contributed by atoms with Crippen LogP contribution in [-0.2, 0) is 6.42 Å². The number of nitrogens with one attached hydrogen (secondary N) is 1. The van der Waals surface area contributed by atoms with Crippen LogP contribution in [0.4, 0.5) is 5.82 Å². The highest BCUT2D eigenvalue weighted by Crippen LogP contribution is 2.33. The molecule has 0 aliphatic carbocycles. The quantitative estimate of drug-likeness (QED) is 0.837. The molecule has 0 spiro atoms. The van der Waals surface area contributed by atoms with Crippen molar-refractivity contribution in [2.75, 3.05) is 11.9 Å². The zero-order valence-corrected chi connectivity index (χ0v) is 11.6. The molecular formula is C12H15N3S2. The van der Waals surface area contributed by atoms with Gasteiger partial charge in [-0.3, -0.25) is 0 Å². The van der Waals surface area contributed by atoms with Crippen LogP contribution in [0.3, 0.4) is 0 Å². The van der Waals surface area contributed by atoms with E-state index in [1.807, 2.05) is 0 Å². The van der Waals surface area contributed by atoms with Crippen molar-refractivity contribution >= 4 is 28.9 Å². The largest absolute Gasteiger partial charge is 0.370 e. The van der Waals surface area contributed by atoms with Gasteiger partial charge in [-0.05, 0) is 24.8 Å². The van der Waals surface area contributed by atoms with Crippen molar-refractivity contribution in [1.82, 2.24) is 9.97 Å². The fourth-order valence-electron chi connectivity index (χ4n) is 1.54. The van der Waals surface area contributed by atoms with Gasteiger partial charge in [-0.25, -0.2) is 9.97 Å². The van der Waals surface area contributed by atoms with E-state index in [-0.39, 0.29) is 0 Å². The number of rotatable bonds is 5. The Morgan fingerprint density at radius 3 is 2.88 bits per heavy atom. The molecule has 2 rings (SSSR count). The Kier molecular flexibility index (Phi) is 4.39. The minimum absolute atomic E-state index is 0.882. The molecule has 0 saturated carbocycles.